The molecule has 0 spiro atoms. The van der Waals surface area contributed by atoms with Crippen molar-refractivity contribution in [1.29, 1.82) is 0 Å². The molecule has 0 aliphatic heterocycles. The number of hydrogen-bond donors (Lipinski definition) is 0. The van der Waals surface area contributed by atoms with Crippen LogP contribution in [-0.4, -0.2) is 0 Å². The van der Waals surface area contributed by atoms with E-state index in [-0.39, 0.29) is 5.56 Å². The first-order chi connectivity index (χ1) is 8.41. The molecule has 7 heteroatoms. The van der Waals surface area contributed by atoms with Gasteiger partial charge < -0.3 is 0 Å². The summed E-state index contributed by atoms with van der Waals surface area (Å²) in [5, 5.41) is 0. The fourth-order valence-electron chi connectivity index (χ4n) is 1.38. The summed E-state index contributed by atoms with van der Waals surface area (Å²) < 4.78 is 41.3. The Labute approximate surface area is 131 Å². The van der Waals surface area contributed by atoms with Gasteiger partial charge in [-0.2, -0.15) is 0 Å². The van der Waals surface area contributed by atoms with E-state index in [1.807, 2.05) is 0 Å². The van der Waals surface area contributed by atoms with Crippen molar-refractivity contribution < 1.29 is 13.2 Å². The van der Waals surface area contributed by atoms with Gasteiger partial charge in [0.1, 0.15) is 0 Å². The van der Waals surface area contributed by atoms with Gasteiger partial charge in [-0.25, -0.2) is 13.2 Å². The fourth-order valence-corrected chi connectivity index (χ4v) is 4.23. The predicted molar refractivity (Wildman–Crippen MR) is 76.8 cm³/mol. The molecule has 0 nitrogen and oxygen atoms in total. The number of rotatable bonds is 2. The van der Waals surface area contributed by atoms with E-state index >= 15 is 0 Å². The highest BCUT2D eigenvalue weighted by Gasteiger charge is 2.22. The van der Waals surface area contributed by atoms with Crippen molar-refractivity contribution >= 4 is 59.1 Å². The molecular formula is C11H4Br3F3S. The Bertz CT molecular complexity index is 578. The lowest BCUT2D eigenvalue weighted by Gasteiger charge is -2.10. The van der Waals surface area contributed by atoms with Gasteiger partial charge in [0, 0.05) is 14.9 Å². The molecule has 1 aromatic heterocycles. The molecule has 1 heterocycles. The maximum absolute atomic E-state index is 13.6. The minimum Gasteiger partial charge on any atom is -0.204 e. The molecule has 2 rings (SSSR count). The van der Waals surface area contributed by atoms with Crippen LogP contribution in [0.25, 0.3) is 0 Å². The van der Waals surface area contributed by atoms with Crippen molar-refractivity contribution in [2.24, 2.45) is 0 Å². The van der Waals surface area contributed by atoms with Crippen molar-refractivity contribution in [2.45, 2.75) is 4.83 Å². The molecule has 0 saturated carbocycles. The summed E-state index contributed by atoms with van der Waals surface area (Å²) in [7, 11) is 0. The highest BCUT2D eigenvalue weighted by Crippen LogP contribution is 2.42. The lowest BCUT2D eigenvalue weighted by Crippen LogP contribution is -2.00. The molecule has 18 heavy (non-hydrogen) atoms. The molecular weight excluding hydrogens is 461 g/mol. The van der Waals surface area contributed by atoms with Crippen LogP contribution >= 0.6 is 59.1 Å². The molecule has 1 atom stereocenters. The topological polar surface area (TPSA) is 0 Å². The standard InChI is InChI=1S/C11H4Br3F3S/c12-5-3-7(18-11(5)14)8(13)4-1-2-6(15)10(17)9(4)16/h1-3,8H. The highest BCUT2D eigenvalue weighted by atomic mass is 79.9. The summed E-state index contributed by atoms with van der Waals surface area (Å²) in [5.74, 6) is -3.81. The predicted octanol–water partition coefficient (Wildman–Crippen LogP) is 6.17. The van der Waals surface area contributed by atoms with Crippen molar-refractivity contribution in [1.82, 2.24) is 0 Å². The average Bonchev–Trinajstić information content (AvgIpc) is 2.66. The highest BCUT2D eigenvalue weighted by molar-refractivity contribution is 9.13. The quantitative estimate of drug-likeness (QED) is 0.368. The van der Waals surface area contributed by atoms with E-state index in [0.717, 1.165) is 19.2 Å². The van der Waals surface area contributed by atoms with Crippen molar-refractivity contribution in [2.75, 3.05) is 0 Å². The Morgan fingerprint density at radius 3 is 2.28 bits per heavy atom. The van der Waals surface area contributed by atoms with Crippen LogP contribution in [0.3, 0.4) is 0 Å². The lowest BCUT2D eigenvalue weighted by atomic mass is 10.1. The summed E-state index contributed by atoms with van der Waals surface area (Å²) >= 11 is 11.3. The molecule has 0 fully saturated rings. The van der Waals surface area contributed by atoms with Crippen LogP contribution in [-0.2, 0) is 0 Å². The second-order valence-electron chi connectivity index (χ2n) is 3.40. The van der Waals surface area contributed by atoms with E-state index in [1.165, 1.54) is 17.4 Å². The maximum atomic E-state index is 13.6. The smallest absolute Gasteiger partial charge is 0.194 e. The van der Waals surface area contributed by atoms with E-state index in [1.54, 1.807) is 6.07 Å². The first-order valence-corrected chi connectivity index (χ1v) is 7.95. The Balaban J connectivity index is 2.46. The van der Waals surface area contributed by atoms with Crippen molar-refractivity contribution in [3.63, 3.8) is 0 Å². The SMILES string of the molecule is Fc1ccc(C(Br)c2cc(Br)c(Br)s2)c(F)c1F. The molecule has 2 aromatic rings. The zero-order valence-electron chi connectivity index (χ0n) is 8.49. The largest absolute Gasteiger partial charge is 0.204 e. The molecule has 0 radical (unpaired) electrons. The summed E-state index contributed by atoms with van der Waals surface area (Å²) in [4.78, 5) is 0.249. The van der Waals surface area contributed by atoms with Gasteiger partial charge in [-0.15, -0.1) is 11.3 Å². The van der Waals surface area contributed by atoms with Gasteiger partial charge in [-0.1, -0.05) is 22.0 Å². The van der Waals surface area contributed by atoms with E-state index in [2.05, 4.69) is 47.8 Å². The third-order valence-electron chi connectivity index (χ3n) is 2.25. The van der Waals surface area contributed by atoms with E-state index in [9.17, 15) is 13.2 Å². The van der Waals surface area contributed by atoms with Crippen LogP contribution in [0.5, 0.6) is 0 Å². The molecule has 0 aliphatic carbocycles. The zero-order valence-corrected chi connectivity index (χ0v) is 14.1. The first kappa shape index (κ1) is 14.6. The van der Waals surface area contributed by atoms with Gasteiger partial charge >= 0.3 is 0 Å². The van der Waals surface area contributed by atoms with Crippen molar-refractivity contribution in [3.05, 3.63) is 54.4 Å². The minimum absolute atomic E-state index is 0.0650. The van der Waals surface area contributed by atoms with Gasteiger partial charge in [0.2, 0.25) is 0 Å². The maximum Gasteiger partial charge on any atom is 0.194 e. The number of thiophene rings is 1. The monoisotopic (exact) mass is 462 g/mol. The lowest BCUT2D eigenvalue weighted by molar-refractivity contribution is 0.442. The van der Waals surface area contributed by atoms with Gasteiger partial charge in [-0.3, -0.25) is 0 Å². The van der Waals surface area contributed by atoms with Gasteiger partial charge in [0.25, 0.3) is 0 Å². The Hall–Kier alpha value is 0.150. The Morgan fingerprint density at radius 1 is 1.06 bits per heavy atom. The van der Waals surface area contributed by atoms with Crippen LogP contribution in [0.4, 0.5) is 13.2 Å². The van der Waals surface area contributed by atoms with E-state index in [0.29, 0.717) is 0 Å². The van der Waals surface area contributed by atoms with Gasteiger partial charge in [0.05, 0.1) is 8.61 Å². The number of hydrogen-bond acceptors (Lipinski definition) is 1. The third-order valence-corrected chi connectivity index (χ3v) is 6.86. The third kappa shape index (κ3) is 2.69. The van der Waals surface area contributed by atoms with E-state index < -0.39 is 22.3 Å². The molecule has 0 bridgehead atoms. The number of benzene rings is 1. The first-order valence-electron chi connectivity index (χ1n) is 4.64. The van der Waals surface area contributed by atoms with Crippen LogP contribution in [0.1, 0.15) is 15.3 Å². The van der Waals surface area contributed by atoms with Crippen LogP contribution < -0.4 is 0 Å². The summed E-state index contributed by atoms with van der Waals surface area (Å²) in [6, 6.07) is 3.93. The Kier molecular flexibility index (Phi) is 4.57. The molecule has 0 N–H and O–H groups in total. The second kappa shape index (κ2) is 5.64. The molecule has 0 aliphatic rings. The molecule has 1 aromatic carbocycles. The normalized spacial score (nSPS) is 12.8. The molecule has 96 valence electrons. The van der Waals surface area contributed by atoms with Crippen LogP contribution in [0, 0.1) is 17.5 Å². The number of alkyl halides is 1. The summed E-state index contributed by atoms with van der Waals surface area (Å²) in [5.41, 5.74) is 0.0650. The minimum atomic E-state index is -1.45. The second-order valence-corrected chi connectivity index (χ2v) is 7.57. The average molecular weight is 465 g/mol. The van der Waals surface area contributed by atoms with Gasteiger partial charge in [0.15, 0.2) is 17.5 Å². The summed E-state index contributed by atoms with van der Waals surface area (Å²) in [6.07, 6.45) is 0. The van der Waals surface area contributed by atoms with E-state index in [4.69, 9.17) is 0 Å². The fraction of sp³-hybridized carbons (Fsp3) is 0.0909. The summed E-state index contributed by atoms with van der Waals surface area (Å²) in [6.45, 7) is 0. The zero-order chi connectivity index (χ0) is 13.4. The van der Waals surface area contributed by atoms with Crippen LogP contribution in [0.15, 0.2) is 26.5 Å². The molecule has 0 amide bonds. The van der Waals surface area contributed by atoms with Crippen molar-refractivity contribution in [3.8, 4) is 0 Å². The molecule has 1 unspecified atom stereocenters. The molecule has 0 saturated heterocycles. The number of halogens is 6. The van der Waals surface area contributed by atoms with Crippen LogP contribution in [0.2, 0.25) is 0 Å². The van der Waals surface area contributed by atoms with Gasteiger partial charge in [-0.05, 0) is 44.0 Å². The Morgan fingerprint density at radius 2 is 1.72 bits per heavy atom.